The molecule has 6 fully saturated rings. The molecule has 3 aliphatic carbocycles. The average Bonchev–Trinajstić information content (AvgIpc) is 1.61. The van der Waals surface area contributed by atoms with Crippen molar-refractivity contribution in [1.29, 1.82) is 0 Å². The van der Waals surface area contributed by atoms with Gasteiger partial charge in [0.05, 0.1) is 53.1 Å². The largest absolute Gasteiger partial charge is 2.00 e. The van der Waals surface area contributed by atoms with Gasteiger partial charge in [-0.1, -0.05) is 69.4 Å². The van der Waals surface area contributed by atoms with Gasteiger partial charge in [-0.05, 0) is 174 Å². The third-order valence-electron chi connectivity index (χ3n) is 18.2. The molecule has 3 aromatic carbocycles. The summed E-state index contributed by atoms with van der Waals surface area (Å²) in [7, 11) is 4.75. The zero-order valence-corrected chi connectivity index (χ0v) is 66.9. The Morgan fingerprint density at radius 2 is 0.861 bits per heavy atom. The van der Waals surface area contributed by atoms with Gasteiger partial charge in [0.2, 0.25) is 17.6 Å². The van der Waals surface area contributed by atoms with Crippen molar-refractivity contribution in [2.75, 3.05) is 70.4 Å². The van der Waals surface area contributed by atoms with E-state index in [1.165, 1.54) is 57.8 Å². The standard InChI is InChI=1S/C24H26ClN3O3.C20H18ClN3O3.C19H18BrClN2O3.C5H9N.C5H11O.CH4.2CH3.Na.Pd/c1-23(2,3)31-22(29)17-11-26-19-10-18(25)15(9-16(17)19)14-5-6-20(27-21(14)30-4)28-12-24(13-28)7-8-24;1-27-18-11(2-3-17(23-18)24-9-20(10-24)4-5-20)12-6-13-14(19(25)26)8-22-16(13)7-15(12)21;1-19(2,3)26-18(24)13-9-22-15-8-14(21)11(7-12(13)15)10-5-6-16(20)23-17(10)25-4;1-2-5(1)3-6-4-5;1-4-5(2,3)6;;;;;/h5-6,9-11,26H,7-8,12-13H2,1-4H3;2-3,6-8,22H,4-5,9-10H2,1H3,(H,25,26);5-9,22H,1-4H3;6H,1-4H2;4H2,1-3H3;1H4;2*1H3;;/q;;;;-1;;2*-1;+1;+2. The van der Waals surface area contributed by atoms with E-state index in [-0.39, 0.29) is 83.8 Å². The predicted molar refractivity (Wildman–Crippen MR) is 400 cm³/mol. The molecule has 5 N–H and O–H groups in total. The van der Waals surface area contributed by atoms with E-state index in [1.54, 1.807) is 65.8 Å². The third-order valence-corrected chi connectivity index (χ3v) is 19.6. The van der Waals surface area contributed by atoms with Crippen LogP contribution < -0.4 is 64.0 Å². The zero-order valence-electron chi connectivity index (χ0n) is 59.5. The average molecular weight is 1610 g/mol. The van der Waals surface area contributed by atoms with Crippen molar-refractivity contribution in [2.24, 2.45) is 16.2 Å². The van der Waals surface area contributed by atoms with Crippen LogP contribution in [-0.4, -0.2) is 130 Å². The first-order chi connectivity index (χ1) is 45.3. The number of benzene rings is 3. The monoisotopic (exact) mass is 1600 g/mol. The summed E-state index contributed by atoms with van der Waals surface area (Å²) < 4.78 is 28.2. The maximum Gasteiger partial charge on any atom is 2.00 e. The Kier molecular flexibility index (Phi) is 27.5. The van der Waals surface area contributed by atoms with Crippen molar-refractivity contribution in [3.05, 3.63) is 143 Å². The number of anilines is 2. The second kappa shape index (κ2) is 33.0. The van der Waals surface area contributed by atoms with E-state index in [0.29, 0.717) is 82.2 Å². The van der Waals surface area contributed by atoms with Crippen molar-refractivity contribution in [3.8, 4) is 51.0 Å². The minimum Gasteiger partial charge on any atom is -0.850 e. The number of pyridine rings is 3. The fourth-order valence-corrected chi connectivity index (χ4v) is 12.9. The fraction of sp³-hybridized carbons (Fsp3) is 0.421. The molecule has 101 heavy (non-hydrogen) atoms. The summed E-state index contributed by atoms with van der Waals surface area (Å²) in [6, 6.07) is 22.5. The fourth-order valence-electron chi connectivity index (χ4n) is 11.8. The smallest absolute Gasteiger partial charge is 0.850 e. The van der Waals surface area contributed by atoms with Crippen LogP contribution in [0.1, 0.15) is 146 Å². The van der Waals surface area contributed by atoms with Crippen LogP contribution in [0.25, 0.3) is 66.1 Å². The number of H-pyrrole nitrogens is 3. The van der Waals surface area contributed by atoms with Crippen LogP contribution in [0.5, 0.6) is 17.6 Å². The number of hydrogen-bond acceptors (Lipinski definition) is 15. The summed E-state index contributed by atoms with van der Waals surface area (Å²) in [5.74, 6) is 1.52. The molecule has 3 aliphatic heterocycles. The molecule has 9 heterocycles. The summed E-state index contributed by atoms with van der Waals surface area (Å²) in [5, 5.41) is 26.8. The van der Waals surface area contributed by atoms with Crippen LogP contribution >= 0.6 is 50.7 Å². The second-order valence-electron chi connectivity index (χ2n) is 28.6. The van der Waals surface area contributed by atoms with Gasteiger partial charge in [0.1, 0.15) is 27.4 Å². The van der Waals surface area contributed by atoms with Crippen molar-refractivity contribution in [3.63, 3.8) is 0 Å². The van der Waals surface area contributed by atoms with Gasteiger partial charge < -0.3 is 78.8 Å². The molecule has 25 heteroatoms. The van der Waals surface area contributed by atoms with Crippen LogP contribution in [0.15, 0.2) is 96.0 Å². The maximum absolute atomic E-state index is 12.7. The van der Waals surface area contributed by atoms with E-state index in [4.69, 9.17) is 63.5 Å². The molecule has 3 saturated heterocycles. The summed E-state index contributed by atoms with van der Waals surface area (Å²) in [5.41, 5.74) is 7.89. The molecule has 9 aromatic rings. The van der Waals surface area contributed by atoms with E-state index >= 15 is 0 Å². The SMILES string of the molecule is C.C1CC12CNC2.CCC(C)(C)[O-].COc1nc(Br)ccc1-c1cc2c(C(=O)OC(C)(C)C)c[nH]c2cc1Cl.COc1nc(N2CC3(CC3)C2)ccc1-c1cc2c(C(=O)O)c[nH]c2cc1Cl.COc1nc(N2CC3(CC3)C2)ccc1-c1cc2c(C(=O)OC(C)(C)C)c[nH]c2cc1Cl.[CH3-].[CH3-].[Na+].[Pd+2]. The van der Waals surface area contributed by atoms with E-state index in [2.05, 4.69) is 56.0 Å². The van der Waals surface area contributed by atoms with E-state index in [1.807, 2.05) is 103 Å². The summed E-state index contributed by atoms with van der Waals surface area (Å²) in [4.78, 5) is 64.1. The van der Waals surface area contributed by atoms with Crippen molar-refractivity contribution in [1.82, 2.24) is 35.2 Å². The number of aromatic amines is 3. The molecule has 0 atom stereocenters. The first-order valence-corrected chi connectivity index (χ1v) is 34.1. The van der Waals surface area contributed by atoms with Crippen LogP contribution in [0.3, 0.4) is 0 Å². The summed E-state index contributed by atoms with van der Waals surface area (Å²) in [6.45, 7) is 23.2. The predicted octanol–water partition coefficient (Wildman–Crippen LogP) is 14.7. The Bertz CT molecular complexity index is 4430. The number of carboxylic acids is 1. The van der Waals surface area contributed by atoms with Gasteiger partial charge in [0.25, 0.3) is 0 Å². The number of nitrogens with one attached hydrogen (secondary N) is 4. The van der Waals surface area contributed by atoms with Gasteiger partial charge >= 0.3 is 67.9 Å². The molecule has 540 valence electrons. The number of carbonyl (C=O) groups excluding carboxylic acids is 2. The number of nitrogens with zero attached hydrogens (tertiary/aromatic N) is 5. The molecule has 15 rings (SSSR count). The third kappa shape index (κ3) is 19.5. The zero-order chi connectivity index (χ0) is 69.0. The van der Waals surface area contributed by atoms with Crippen LogP contribution in [0, 0.1) is 31.1 Å². The number of esters is 2. The van der Waals surface area contributed by atoms with Gasteiger partial charge in [-0.3, -0.25) is 0 Å². The Labute approximate surface area is 652 Å². The number of aromatic nitrogens is 6. The molecule has 6 aromatic heterocycles. The Balaban J connectivity index is 0.000000215. The normalized spacial score (nSPS) is 15.7. The number of hydrogen-bond donors (Lipinski definition) is 5. The number of carboxylic acid groups (broad SMARTS) is 1. The Hall–Kier alpha value is -5.93. The van der Waals surface area contributed by atoms with E-state index in [0.717, 1.165) is 92.9 Å². The van der Waals surface area contributed by atoms with Gasteiger partial charge in [-0.2, -0.15) is 9.97 Å². The summed E-state index contributed by atoms with van der Waals surface area (Å²) >= 11 is 22.9. The van der Waals surface area contributed by atoms with E-state index < -0.39 is 28.7 Å². The molecule has 0 radical (unpaired) electrons. The van der Waals surface area contributed by atoms with Gasteiger partial charge in [-0.25, -0.2) is 19.4 Å². The molecule has 0 amide bonds. The number of fused-ring (bicyclic) bond motifs is 3. The van der Waals surface area contributed by atoms with Crippen LogP contribution in [-0.2, 0) is 29.9 Å². The number of aromatic carboxylic acids is 1. The Morgan fingerprint density at radius 1 is 0.545 bits per heavy atom. The molecular formula is C76H92BrCl3N9NaO10Pd. The maximum atomic E-state index is 12.7. The number of carbonyl (C=O) groups is 3. The summed E-state index contributed by atoms with van der Waals surface area (Å²) in [6.07, 6.45) is 13.8. The van der Waals surface area contributed by atoms with Crippen molar-refractivity contribution in [2.45, 2.75) is 131 Å². The van der Waals surface area contributed by atoms with Crippen LogP contribution in [0.2, 0.25) is 15.1 Å². The Morgan fingerprint density at radius 3 is 1.14 bits per heavy atom. The second-order valence-corrected chi connectivity index (χ2v) is 30.7. The number of ether oxygens (including phenoxy) is 5. The quantitative estimate of drug-likeness (QED) is 0.0330. The van der Waals surface area contributed by atoms with Crippen LogP contribution in [0.4, 0.5) is 11.6 Å². The molecule has 0 bridgehead atoms. The number of rotatable bonds is 12. The molecule has 0 unspecified atom stereocenters. The molecule has 3 spiro atoms. The molecular weight excluding hydrogens is 1510 g/mol. The van der Waals surface area contributed by atoms with Gasteiger partial charge in [0, 0.05) is 135 Å². The van der Waals surface area contributed by atoms with Gasteiger partial charge in [0.15, 0.2) is 0 Å². The van der Waals surface area contributed by atoms with Crippen molar-refractivity contribution < 1.29 is 98.3 Å². The first kappa shape index (κ1) is 84.0. The number of methoxy groups -OCH3 is 3. The topological polar surface area (TPSA) is 245 Å². The minimum atomic E-state index is -0.984. The molecule has 19 nitrogen and oxygen atoms in total. The van der Waals surface area contributed by atoms with Crippen molar-refractivity contribution >= 4 is 113 Å². The van der Waals surface area contributed by atoms with E-state index in [9.17, 15) is 24.6 Å². The number of halogens is 4. The molecule has 6 aliphatic rings. The minimum absolute atomic E-state index is 0. The van der Waals surface area contributed by atoms with Gasteiger partial charge in [-0.15, -0.1) is 5.60 Å². The first-order valence-electron chi connectivity index (χ1n) is 32.2. The molecule has 3 saturated carbocycles.